The molecular formula is C27H30O2P+. The average molecular weight is 418 g/mol. The molecule has 0 aliphatic carbocycles. The summed E-state index contributed by atoms with van der Waals surface area (Å²) < 4.78 is 0. The van der Waals surface area contributed by atoms with Crippen LogP contribution in [0.25, 0.3) is 0 Å². The highest BCUT2D eigenvalue weighted by Gasteiger charge is 2.47. The Balaban J connectivity index is 2.36. The molecule has 30 heavy (non-hydrogen) atoms. The van der Waals surface area contributed by atoms with Crippen molar-refractivity contribution < 1.29 is 9.90 Å². The lowest BCUT2D eigenvalue weighted by molar-refractivity contribution is -0.129. The van der Waals surface area contributed by atoms with Crippen molar-refractivity contribution in [1.82, 2.24) is 0 Å². The van der Waals surface area contributed by atoms with E-state index in [2.05, 4.69) is 36.4 Å². The van der Waals surface area contributed by atoms with Crippen molar-refractivity contribution in [1.29, 1.82) is 0 Å². The Labute approximate surface area is 180 Å². The fraction of sp³-hybridized carbons (Fsp3) is 0.222. The summed E-state index contributed by atoms with van der Waals surface area (Å²) in [5, 5.41) is 14.8. The largest absolute Gasteiger partial charge is 0.508 e. The van der Waals surface area contributed by atoms with Crippen LogP contribution in [0.5, 0.6) is 0 Å². The third kappa shape index (κ3) is 4.11. The van der Waals surface area contributed by atoms with Gasteiger partial charge < -0.3 is 5.11 Å². The molecule has 2 nitrogen and oxygen atoms in total. The van der Waals surface area contributed by atoms with Gasteiger partial charge in [0.25, 0.3) is 0 Å². The zero-order chi connectivity index (χ0) is 21.8. The van der Waals surface area contributed by atoms with E-state index in [1.165, 1.54) is 0 Å². The van der Waals surface area contributed by atoms with E-state index in [0.29, 0.717) is 0 Å². The Bertz CT molecular complexity index is 910. The highest BCUT2D eigenvalue weighted by atomic mass is 31.2. The van der Waals surface area contributed by atoms with Crippen LogP contribution in [-0.4, -0.2) is 10.9 Å². The van der Waals surface area contributed by atoms with Crippen LogP contribution < -0.4 is 15.9 Å². The number of Topliss-reactive ketones (excluding diaryl/α,β-unsaturated/α-hetero) is 1. The van der Waals surface area contributed by atoms with Gasteiger partial charge in [-0.2, -0.15) is 0 Å². The number of hydrogen-bond acceptors (Lipinski definition) is 2. The summed E-state index contributed by atoms with van der Waals surface area (Å²) in [4.78, 5) is 12.9. The van der Waals surface area contributed by atoms with Crippen LogP contribution in [0.2, 0.25) is 0 Å². The first kappa shape index (κ1) is 22.0. The maximum atomic E-state index is 12.9. The van der Waals surface area contributed by atoms with Crippen molar-refractivity contribution in [3.63, 3.8) is 0 Å². The van der Waals surface area contributed by atoms with E-state index in [1.807, 2.05) is 88.1 Å². The normalized spacial score (nSPS) is 12.8. The van der Waals surface area contributed by atoms with Crippen molar-refractivity contribution in [2.24, 2.45) is 11.3 Å². The number of carbonyl (C=O) groups is 1. The summed E-state index contributed by atoms with van der Waals surface area (Å²) in [5.41, 5.74) is -0.961. The Kier molecular flexibility index (Phi) is 6.58. The van der Waals surface area contributed by atoms with E-state index in [-0.39, 0.29) is 17.5 Å². The minimum absolute atomic E-state index is 0.0311. The van der Waals surface area contributed by atoms with Gasteiger partial charge in [-0.1, -0.05) is 68.4 Å². The molecule has 0 heterocycles. The molecule has 3 heteroatoms. The molecule has 3 rings (SSSR count). The molecule has 0 fully saturated rings. The number of allylic oxidation sites excluding steroid dienone is 1. The first-order chi connectivity index (χ1) is 14.3. The van der Waals surface area contributed by atoms with E-state index >= 15 is 0 Å². The number of aliphatic hydroxyl groups excluding tert-OH is 1. The molecule has 0 radical (unpaired) electrons. The van der Waals surface area contributed by atoms with Gasteiger partial charge in [0, 0.05) is 5.92 Å². The summed E-state index contributed by atoms with van der Waals surface area (Å²) in [6.45, 7) is 7.39. The molecule has 0 aliphatic rings. The number of carbonyl (C=O) groups excluding carboxylic acids is 1. The van der Waals surface area contributed by atoms with Gasteiger partial charge in [-0.25, -0.2) is 0 Å². The molecule has 0 atom stereocenters. The third-order valence-corrected chi connectivity index (χ3v) is 9.56. The molecule has 0 spiro atoms. The first-order valence-corrected chi connectivity index (χ1v) is 12.2. The van der Waals surface area contributed by atoms with Crippen molar-refractivity contribution in [2.75, 3.05) is 0 Å². The minimum atomic E-state index is -2.34. The van der Waals surface area contributed by atoms with Crippen molar-refractivity contribution in [2.45, 2.75) is 27.7 Å². The van der Waals surface area contributed by atoms with E-state index in [4.69, 9.17) is 0 Å². The van der Waals surface area contributed by atoms with Crippen LogP contribution in [0.1, 0.15) is 27.7 Å². The lowest BCUT2D eigenvalue weighted by Crippen LogP contribution is -2.34. The standard InChI is InChI=1S/C27H29O2P/c1-21(2)26(29)27(3,4)25(28)20-30(22-14-8-5-9-15-22,23-16-10-6-11-17-23)24-18-12-7-13-19-24/h5-21H,1-4H3/p+1. The average Bonchev–Trinajstić information content (AvgIpc) is 2.78. The van der Waals surface area contributed by atoms with Crippen molar-refractivity contribution in [3.8, 4) is 0 Å². The van der Waals surface area contributed by atoms with Gasteiger partial charge in [0.15, 0.2) is 0 Å². The zero-order valence-electron chi connectivity index (χ0n) is 18.1. The van der Waals surface area contributed by atoms with Gasteiger partial charge in [-0.3, -0.25) is 4.79 Å². The first-order valence-electron chi connectivity index (χ1n) is 10.3. The molecule has 0 saturated carbocycles. The Morgan fingerprint density at radius 2 is 1.10 bits per heavy atom. The van der Waals surface area contributed by atoms with Gasteiger partial charge in [0.2, 0.25) is 0 Å². The molecule has 0 amide bonds. The monoisotopic (exact) mass is 417 g/mol. The third-order valence-electron chi connectivity index (χ3n) is 5.59. The maximum Gasteiger partial charge on any atom is 0.148 e. The lowest BCUT2D eigenvalue weighted by Gasteiger charge is -2.28. The molecule has 0 bridgehead atoms. The second-order valence-corrected chi connectivity index (χ2v) is 11.6. The van der Waals surface area contributed by atoms with E-state index in [9.17, 15) is 9.90 Å². The van der Waals surface area contributed by atoms with Crippen molar-refractivity contribution in [3.05, 3.63) is 103 Å². The molecule has 3 aromatic rings. The number of rotatable bonds is 7. The van der Waals surface area contributed by atoms with Gasteiger partial charge >= 0.3 is 0 Å². The molecule has 154 valence electrons. The highest BCUT2D eigenvalue weighted by molar-refractivity contribution is 7.98. The van der Waals surface area contributed by atoms with Gasteiger partial charge in [-0.05, 0) is 50.2 Å². The Morgan fingerprint density at radius 1 is 0.767 bits per heavy atom. The molecule has 0 aromatic heterocycles. The molecule has 0 unspecified atom stereocenters. The quantitative estimate of drug-likeness (QED) is 0.400. The fourth-order valence-corrected chi connectivity index (χ4v) is 7.81. The SMILES string of the molecule is CC(C)C(=O)C(C)(C)C(O)=C[P+](c1ccccc1)(c1ccccc1)c1ccccc1. The maximum absolute atomic E-state index is 12.9. The molecule has 0 saturated heterocycles. The summed E-state index contributed by atoms with van der Waals surface area (Å²) >= 11 is 0. The lowest BCUT2D eigenvalue weighted by atomic mass is 9.81. The van der Waals surface area contributed by atoms with Gasteiger partial charge in [0.05, 0.1) is 5.41 Å². The predicted molar refractivity (Wildman–Crippen MR) is 129 cm³/mol. The van der Waals surface area contributed by atoms with E-state index < -0.39 is 12.7 Å². The number of aliphatic hydroxyl groups is 1. The zero-order valence-corrected chi connectivity index (χ0v) is 19.0. The molecule has 3 aromatic carbocycles. The summed E-state index contributed by atoms with van der Waals surface area (Å²) in [5.74, 6) is 1.98. The molecule has 1 N–H and O–H groups in total. The summed E-state index contributed by atoms with van der Waals surface area (Å²) in [6, 6.07) is 30.9. The highest BCUT2D eigenvalue weighted by Crippen LogP contribution is 2.58. The van der Waals surface area contributed by atoms with Crippen LogP contribution >= 0.6 is 7.26 Å². The second kappa shape index (κ2) is 8.98. The Hall–Kier alpha value is -2.70. The van der Waals surface area contributed by atoms with Crippen molar-refractivity contribution >= 4 is 29.0 Å². The second-order valence-electron chi connectivity index (χ2n) is 8.39. The van der Waals surface area contributed by atoms with Crippen LogP contribution in [-0.2, 0) is 4.79 Å². The summed E-state index contributed by atoms with van der Waals surface area (Å²) in [6.07, 6.45) is 0. The number of hydrogen-bond donors (Lipinski definition) is 1. The number of ketones is 1. The van der Waals surface area contributed by atoms with Crippen LogP contribution in [0.15, 0.2) is 103 Å². The van der Waals surface area contributed by atoms with Crippen LogP contribution in [0, 0.1) is 11.3 Å². The topological polar surface area (TPSA) is 37.3 Å². The minimum Gasteiger partial charge on any atom is -0.508 e. The van der Waals surface area contributed by atoms with E-state index in [0.717, 1.165) is 15.9 Å². The van der Waals surface area contributed by atoms with Crippen LogP contribution in [0.4, 0.5) is 0 Å². The number of benzene rings is 3. The predicted octanol–water partition coefficient (Wildman–Crippen LogP) is 5.63. The Morgan fingerprint density at radius 3 is 1.40 bits per heavy atom. The van der Waals surface area contributed by atoms with Crippen LogP contribution in [0.3, 0.4) is 0 Å². The van der Waals surface area contributed by atoms with Gasteiger partial charge in [0.1, 0.15) is 40.5 Å². The fourth-order valence-electron chi connectivity index (χ4n) is 3.85. The van der Waals surface area contributed by atoms with E-state index in [1.54, 1.807) is 0 Å². The smallest absolute Gasteiger partial charge is 0.148 e. The summed E-state index contributed by atoms with van der Waals surface area (Å²) in [7, 11) is -2.34. The van der Waals surface area contributed by atoms with Gasteiger partial charge in [-0.15, -0.1) is 0 Å². The molecular weight excluding hydrogens is 387 g/mol. The molecule has 0 aliphatic heterocycles.